The van der Waals surface area contributed by atoms with E-state index in [2.05, 4.69) is 11.1 Å². The van der Waals surface area contributed by atoms with Gasteiger partial charge in [0.25, 0.3) is 0 Å². The topological polar surface area (TPSA) is 53.1 Å². The van der Waals surface area contributed by atoms with Gasteiger partial charge in [-0.3, -0.25) is 4.79 Å². The zero-order valence-corrected chi connectivity index (χ0v) is 8.18. The van der Waals surface area contributed by atoms with Gasteiger partial charge >= 0.3 is 5.97 Å². The fraction of sp³-hybridized carbons (Fsp3) is 0.545. The molecule has 2 rings (SSSR count). The lowest BCUT2D eigenvalue weighted by molar-refractivity contribution is -0.136. The summed E-state index contributed by atoms with van der Waals surface area (Å²) in [5.74, 6) is -0.724. The minimum atomic E-state index is -0.724. The standard InChI is InChI=1S/C11H15NO2/c13-11(14)6-5-9-7-8-3-1-2-4-10(8)12-9/h7,12H,1-6H2,(H,13,14). The van der Waals surface area contributed by atoms with Gasteiger partial charge in [-0.05, 0) is 43.7 Å². The van der Waals surface area contributed by atoms with Gasteiger partial charge in [0.1, 0.15) is 0 Å². The lowest BCUT2D eigenvalue weighted by Gasteiger charge is -2.09. The molecular weight excluding hydrogens is 178 g/mol. The molecule has 0 radical (unpaired) electrons. The van der Waals surface area contributed by atoms with Crippen LogP contribution in [-0.4, -0.2) is 16.1 Å². The van der Waals surface area contributed by atoms with Crippen molar-refractivity contribution < 1.29 is 9.90 Å². The molecule has 3 heteroatoms. The molecule has 14 heavy (non-hydrogen) atoms. The first-order valence-corrected chi connectivity index (χ1v) is 5.17. The van der Waals surface area contributed by atoms with E-state index in [1.54, 1.807) is 0 Å². The van der Waals surface area contributed by atoms with Crippen molar-refractivity contribution in [2.24, 2.45) is 0 Å². The molecule has 2 N–H and O–H groups in total. The average Bonchev–Trinajstić information content (AvgIpc) is 2.57. The van der Waals surface area contributed by atoms with Gasteiger partial charge in [0.05, 0.1) is 6.42 Å². The Morgan fingerprint density at radius 2 is 2.21 bits per heavy atom. The number of rotatable bonds is 3. The molecule has 0 saturated heterocycles. The Labute approximate surface area is 83.1 Å². The molecule has 0 aromatic carbocycles. The van der Waals surface area contributed by atoms with Crippen molar-refractivity contribution >= 4 is 5.97 Å². The summed E-state index contributed by atoms with van der Waals surface area (Å²) in [5.41, 5.74) is 3.81. The van der Waals surface area contributed by atoms with Gasteiger partial charge in [0, 0.05) is 11.4 Å². The van der Waals surface area contributed by atoms with Gasteiger partial charge < -0.3 is 10.1 Å². The van der Waals surface area contributed by atoms with Crippen LogP contribution in [0.2, 0.25) is 0 Å². The molecule has 76 valence electrons. The van der Waals surface area contributed by atoms with E-state index < -0.39 is 5.97 Å². The molecule has 1 aromatic heterocycles. The van der Waals surface area contributed by atoms with Crippen molar-refractivity contribution in [1.82, 2.24) is 4.98 Å². The highest BCUT2D eigenvalue weighted by atomic mass is 16.4. The lowest BCUT2D eigenvalue weighted by Crippen LogP contribution is -2.00. The van der Waals surface area contributed by atoms with E-state index in [1.807, 2.05) is 0 Å². The molecule has 3 nitrogen and oxygen atoms in total. The van der Waals surface area contributed by atoms with Crippen molar-refractivity contribution in [2.45, 2.75) is 38.5 Å². The maximum Gasteiger partial charge on any atom is 0.303 e. The van der Waals surface area contributed by atoms with E-state index >= 15 is 0 Å². The van der Waals surface area contributed by atoms with Crippen molar-refractivity contribution in [3.8, 4) is 0 Å². The van der Waals surface area contributed by atoms with E-state index in [4.69, 9.17) is 5.11 Å². The van der Waals surface area contributed by atoms with Crippen LogP contribution < -0.4 is 0 Å². The number of fused-ring (bicyclic) bond motifs is 1. The Bertz CT molecular complexity index is 318. The molecule has 0 unspecified atom stereocenters. The number of carboxylic acid groups (broad SMARTS) is 1. The summed E-state index contributed by atoms with van der Waals surface area (Å²) < 4.78 is 0. The van der Waals surface area contributed by atoms with Crippen LogP contribution in [0, 0.1) is 0 Å². The molecule has 0 aliphatic heterocycles. The van der Waals surface area contributed by atoms with Crippen LogP contribution in [0.5, 0.6) is 0 Å². The number of carbonyl (C=O) groups is 1. The summed E-state index contributed by atoms with van der Waals surface area (Å²) in [5, 5.41) is 8.56. The van der Waals surface area contributed by atoms with E-state index in [9.17, 15) is 4.79 Å². The first kappa shape index (κ1) is 9.31. The summed E-state index contributed by atoms with van der Waals surface area (Å²) >= 11 is 0. The summed E-state index contributed by atoms with van der Waals surface area (Å²) in [6.45, 7) is 0. The minimum Gasteiger partial charge on any atom is -0.481 e. The smallest absolute Gasteiger partial charge is 0.303 e. The molecule has 0 fully saturated rings. The van der Waals surface area contributed by atoms with Gasteiger partial charge in [-0.1, -0.05) is 0 Å². The fourth-order valence-corrected chi connectivity index (χ4v) is 2.05. The average molecular weight is 193 g/mol. The Balaban J connectivity index is 2.04. The quantitative estimate of drug-likeness (QED) is 0.770. The monoisotopic (exact) mass is 193 g/mol. The molecule has 1 heterocycles. The van der Waals surface area contributed by atoms with Crippen molar-refractivity contribution in [3.63, 3.8) is 0 Å². The van der Waals surface area contributed by atoms with Gasteiger partial charge in [0.15, 0.2) is 0 Å². The number of aromatic nitrogens is 1. The Morgan fingerprint density at radius 1 is 1.43 bits per heavy atom. The van der Waals surface area contributed by atoms with E-state index in [0.29, 0.717) is 6.42 Å². The SMILES string of the molecule is O=C(O)CCc1cc2c([nH]1)CCCC2. The summed E-state index contributed by atoms with van der Waals surface area (Å²) in [4.78, 5) is 13.7. The van der Waals surface area contributed by atoms with Gasteiger partial charge in [-0.15, -0.1) is 0 Å². The normalized spacial score (nSPS) is 15.1. The van der Waals surface area contributed by atoms with Crippen LogP contribution in [0.3, 0.4) is 0 Å². The van der Waals surface area contributed by atoms with Crippen LogP contribution >= 0.6 is 0 Å². The number of aryl methyl sites for hydroxylation is 3. The van der Waals surface area contributed by atoms with Gasteiger partial charge in [0.2, 0.25) is 0 Å². The zero-order chi connectivity index (χ0) is 9.97. The van der Waals surface area contributed by atoms with Crippen LogP contribution in [0.4, 0.5) is 0 Å². The Kier molecular flexibility index (Phi) is 2.57. The molecule has 0 atom stereocenters. The molecule has 0 bridgehead atoms. The molecule has 1 aliphatic rings. The van der Waals surface area contributed by atoms with E-state index in [1.165, 1.54) is 24.1 Å². The molecule has 1 aliphatic carbocycles. The predicted octanol–water partition coefficient (Wildman–Crippen LogP) is 1.91. The third kappa shape index (κ3) is 1.97. The third-order valence-corrected chi connectivity index (χ3v) is 2.78. The lowest BCUT2D eigenvalue weighted by atomic mass is 9.98. The first-order valence-electron chi connectivity index (χ1n) is 5.17. The second-order valence-electron chi connectivity index (χ2n) is 3.90. The molecule has 0 saturated carbocycles. The first-order chi connectivity index (χ1) is 6.75. The van der Waals surface area contributed by atoms with Crippen LogP contribution in [-0.2, 0) is 24.1 Å². The number of H-pyrrole nitrogens is 1. The second kappa shape index (κ2) is 3.86. The fourth-order valence-electron chi connectivity index (χ4n) is 2.05. The predicted molar refractivity (Wildman–Crippen MR) is 53.4 cm³/mol. The van der Waals surface area contributed by atoms with Crippen LogP contribution in [0.1, 0.15) is 36.2 Å². The summed E-state index contributed by atoms with van der Waals surface area (Å²) in [7, 11) is 0. The van der Waals surface area contributed by atoms with Crippen molar-refractivity contribution in [1.29, 1.82) is 0 Å². The highest BCUT2D eigenvalue weighted by Crippen LogP contribution is 2.22. The van der Waals surface area contributed by atoms with Gasteiger partial charge in [-0.2, -0.15) is 0 Å². The summed E-state index contributed by atoms with van der Waals surface area (Å²) in [6.07, 6.45) is 5.65. The molecule has 0 spiro atoms. The number of hydrogen-bond acceptors (Lipinski definition) is 1. The van der Waals surface area contributed by atoms with Crippen molar-refractivity contribution in [2.75, 3.05) is 0 Å². The number of carboxylic acids is 1. The van der Waals surface area contributed by atoms with Gasteiger partial charge in [-0.25, -0.2) is 0 Å². The zero-order valence-electron chi connectivity index (χ0n) is 8.18. The number of aliphatic carboxylic acids is 1. The molecule has 1 aromatic rings. The molecule has 0 amide bonds. The number of hydrogen-bond donors (Lipinski definition) is 2. The van der Waals surface area contributed by atoms with Crippen LogP contribution in [0.15, 0.2) is 6.07 Å². The Morgan fingerprint density at radius 3 is 2.93 bits per heavy atom. The van der Waals surface area contributed by atoms with Crippen LogP contribution in [0.25, 0.3) is 0 Å². The maximum atomic E-state index is 10.4. The largest absolute Gasteiger partial charge is 0.481 e. The highest BCUT2D eigenvalue weighted by molar-refractivity contribution is 5.67. The number of aromatic amines is 1. The summed E-state index contributed by atoms with van der Waals surface area (Å²) in [6, 6.07) is 2.14. The highest BCUT2D eigenvalue weighted by Gasteiger charge is 2.12. The number of nitrogens with one attached hydrogen (secondary N) is 1. The minimum absolute atomic E-state index is 0.222. The molecular formula is C11H15NO2. The second-order valence-corrected chi connectivity index (χ2v) is 3.90. The third-order valence-electron chi connectivity index (χ3n) is 2.78. The van der Waals surface area contributed by atoms with Crippen molar-refractivity contribution in [3.05, 3.63) is 23.0 Å². The Hall–Kier alpha value is -1.25. The van der Waals surface area contributed by atoms with E-state index in [0.717, 1.165) is 18.5 Å². The van der Waals surface area contributed by atoms with E-state index in [-0.39, 0.29) is 6.42 Å². The maximum absolute atomic E-state index is 10.4.